The third-order valence-electron chi connectivity index (χ3n) is 2.56. The molecule has 2 aromatic rings. The second-order valence-corrected chi connectivity index (χ2v) is 5.67. The minimum absolute atomic E-state index is 0.00251. The highest BCUT2D eigenvalue weighted by Gasteiger charge is 2.15. The van der Waals surface area contributed by atoms with Gasteiger partial charge in [0.15, 0.2) is 5.13 Å². The third kappa shape index (κ3) is 4.31. The Morgan fingerprint density at radius 2 is 2.23 bits per heavy atom. The topological polar surface area (TPSA) is 112 Å². The first kappa shape index (κ1) is 16.5. The number of hydrogen-bond acceptors (Lipinski definition) is 5. The molecule has 0 spiro atoms. The fourth-order valence-electron chi connectivity index (χ4n) is 1.65. The van der Waals surface area contributed by atoms with E-state index >= 15 is 0 Å². The van der Waals surface area contributed by atoms with Gasteiger partial charge in [0.25, 0.3) is 17.2 Å². The van der Waals surface area contributed by atoms with Crippen molar-refractivity contribution in [2.45, 2.75) is 6.42 Å². The zero-order valence-electron chi connectivity index (χ0n) is 11.1. The molecule has 0 aliphatic rings. The molecule has 1 unspecified atom stereocenters. The van der Waals surface area contributed by atoms with Gasteiger partial charge >= 0.3 is 0 Å². The smallest absolute Gasteiger partial charge is 0.259 e. The molecule has 1 aromatic heterocycles. The summed E-state index contributed by atoms with van der Waals surface area (Å²) >= 11 is -1.26. The van der Waals surface area contributed by atoms with E-state index in [2.05, 4.69) is 15.0 Å². The summed E-state index contributed by atoms with van der Waals surface area (Å²) in [7, 11) is 0. The van der Waals surface area contributed by atoms with Crippen molar-refractivity contribution in [1.29, 1.82) is 0 Å². The summed E-state index contributed by atoms with van der Waals surface area (Å²) in [5, 5.41) is 13.3. The van der Waals surface area contributed by atoms with Crippen LogP contribution in [0.15, 0.2) is 23.6 Å². The number of nitrogens with zero attached hydrogens (tertiary/aromatic N) is 1. The van der Waals surface area contributed by atoms with Crippen molar-refractivity contribution in [3.63, 3.8) is 0 Å². The average Bonchev–Trinajstić information content (AvgIpc) is 2.85. The Hall–Kier alpha value is -1.88. The third-order valence-corrected chi connectivity index (χ3v) is 3.76. The first-order chi connectivity index (χ1) is 10.5. The summed E-state index contributed by atoms with van der Waals surface area (Å²) < 4.78 is 34.9. The quantitative estimate of drug-likeness (QED) is 0.595. The summed E-state index contributed by atoms with van der Waals surface area (Å²) in [6.07, 6.45) is 0.374. The molecule has 10 heteroatoms. The maximum absolute atomic E-state index is 13.2. The number of thiazole rings is 1. The molecule has 1 atom stereocenters. The van der Waals surface area contributed by atoms with Gasteiger partial charge in [-0.3, -0.25) is 19.4 Å². The molecule has 22 heavy (non-hydrogen) atoms. The predicted octanol–water partition coefficient (Wildman–Crippen LogP) is 1.62. The number of anilines is 2. The summed E-state index contributed by atoms with van der Waals surface area (Å²) in [6.45, 7) is -0.0501. The molecular formula is C12H12FN3O4S2. The second kappa shape index (κ2) is 7.40. The number of halogens is 1. The number of aliphatic hydroxyl groups is 1. The van der Waals surface area contributed by atoms with Gasteiger partial charge in [-0.05, 0) is 18.2 Å². The molecule has 1 heterocycles. The Morgan fingerprint density at radius 1 is 1.45 bits per heavy atom. The molecule has 0 fully saturated rings. The summed E-state index contributed by atoms with van der Waals surface area (Å²) in [6, 6.07) is 3.21. The number of aliphatic hydroxyl groups excluding tert-OH is 1. The van der Waals surface area contributed by atoms with Crippen LogP contribution in [0.2, 0.25) is 0 Å². The summed E-state index contributed by atoms with van der Waals surface area (Å²) in [5.74, 6) is -1.25. The lowest BCUT2D eigenvalue weighted by Crippen LogP contribution is -2.15. The van der Waals surface area contributed by atoms with Crippen LogP contribution in [-0.2, 0) is 17.7 Å². The Kier molecular flexibility index (Phi) is 5.55. The highest BCUT2D eigenvalue weighted by atomic mass is 32.2. The van der Waals surface area contributed by atoms with E-state index in [1.54, 1.807) is 5.38 Å². The molecule has 118 valence electrons. The van der Waals surface area contributed by atoms with Gasteiger partial charge < -0.3 is 5.11 Å². The monoisotopic (exact) mass is 345 g/mol. The van der Waals surface area contributed by atoms with E-state index in [4.69, 9.17) is 9.66 Å². The Balaban J connectivity index is 2.19. The van der Waals surface area contributed by atoms with E-state index in [1.807, 2.05) is 0 Å². The van der Waals surface area contributed by atoms with E-state index in [1.165, 1.54) is 17.4 Å². The van der Waals surface area contributed by atoms with E-state index in [0.717, 1.165) is 12.1 Å². The largest absolute Gasteiger partial charge is 0.396 e. The molecule has 0 radical (unpaired) electrons. The zero-order chi connectivity index (χ0) is 16.1. The SMILES string of the molecule is O=C(Nc1nc(CCO)cs1)c1ccc(F)cc1NS(=O)O. The minimum atomic E-state index is -2.43. The maximum Gasteiger partial charge on any atom is 0.259 e. The lowest BCUT2D eigenvalue weighted by molar-refractivity contribution is 0.102. The molecule has 0 aliphatic carbocycles. The molecule has 2 rings (SSSR count). The maximum atomic E-state index is 13.2. The van der Waals surface area contributed by atoms with Crippen molar-refractivity contribution < 1.29 is 23.1 Å². The van der Waals surface area contributed by atoms with Crippen LogP contribution in [-0.4, -0.2) is 31.4 Å². The number of nitrogens with one attached hydrogen (secondary N) is 2. The lowest BCUT2D eigenvalue weighted by Gasteiger charge is -2.08. The van der Waals surface area contributed by atoms with Gasteiger partial charge in [-0.2, -0.15) is 0 Å². The zero-order valence-corrected chi connectivity index (χ0v) is 12.7. The van der Waals surface area contributed by atoms with Crippen LogP contribution in [0.3, 0.4) is 0 Å². The van der Waals surface area contributed by atoms with Gasteiger partial charge in [0.05, 0.1) is 16.9 Å². The number of carbonyl (C=O) groups is 1. The fourth-order valence-corrected chi connectivity index (χ4v) is 2.75. The van der Waals surface area contributed by atoms with Crippen LogP contribution in [0.25, 0.3) is 0 Å². The Bertz CT molecular complexity index is 707. The molecule has 1 aromatic carbocycles. The first-order valence-corrected chi connectivity index (χ1v) is 8.02. The minimum Gasteiger partial charge on any atom is -0.396 e. The highest BCUT2D eigenvalue weighted by Crippen LogP contribution is 2.21. The molecule has 0 saturated carbocycles. The van der Waals surface area contributed by atoms with E-state index in [-0.39, 0.29) is 17.9 Å². The highest BCUT2D eigenvalue weighted by molar-refractivity contribution is 7.80. The van der Waals surface area contributed by atoms with Crippen LogP contribution >= 0.6 is 11.3 Å². The van der Waals surface area contributed by atoms with Gasteiger partial charge in [0, 0.05) is 18.4 Å². The van der Waals surface area contributed by atoms with E-state index < -0.39 is 23.0 Å². The second-order valence-electron chi connectivity index (χ2n) is 4.11. The van der Waals surface area contributed by atoms with Crippen molar-refractivity contribution >= 4 is 39.3 Å². The molecule has 4 N–H and O–H groups in total. The van der Waals surface area contributed by atoms with Crippen LogP contribution in [0.1, 0.15) is 16.1 Å². The molecule has 0 bridgehead atoms. The van der Waals surface area contributed by atoms with Gasteiger partial charge in [-0.1, -0.05) is 0 Å². The average molecular weight is 345 g/mol. The van der Waals surface area contributed by atoms with Gasteiger partial charge in [0.2, 0.25) is 0 Å². The van der Waals surface area contributed by atoms with Gasteiger partial charge in [-0.25, -0.2) is 13.6 Å². The van der Waals surface area contributed by atoms with Crippen LogP contribution in [0.4, 0.5) is 15.2 Å². The van der Waals surface area contributed by atoms with Crippen molar-refractivity contribution in [1.82, 2.24) is 4.98 Å². The Morgan fingerprint density at radius 3 is 2.91 bits per heavy atom. The number of aromatic nitrogens is 1. The first-order valence-electron chi connectivity index (χ1n) is 6.03. The number of rotatable bonds is 6. The number of benzene rings is 1. The Labute approximate surface area is 131 Å². The lowest BCUT2D eigenvalue weighted by atomic mass is 10.1. The van der Waals surface area contributed by atoms with Crippen molar-refractivity contribution in [2.24, 2.45) is 0 Å². The van der Waals surface area contributed by atoms with E-state index in [9.17, 15) is 13.4 Å². The normalized spacial score (nSPS) is 12.0. The van der Waals surface area contributed by atoms with Crippen molar-refractivity contribution in [2.75, 3.05) is 16.6 Å². The van der Waals surface area contributed by atoms with Crippen LogP contribution in [0.5, 0.6) is 0 Å². The van der Waals surface area contributed by atoms with Crippen LogP contribution in [0, 0.1) is 5.82 Å². The predicted molar refractivity (Wildman–Crippen MR) is 81.7 cm³/mol. The summed E-state index contributed by atoms with van der Waals surface area (Å²) in [5.41, 5.74) is 0.532. The van der Waals surface area contributed by atoms with E-state index in [0.29, 0.717) is 17.2 Å². The molecule has 1 amide bonds. The van der Waals surface area contributed by atoms with Gasteiger partial charge in [0.1, 0.15) is 5.82 Å². The summed E-state index contributed by atoms with van der Waals surface area (Å²) in [4.78, 5) is 16.3. The standard InChI is InChI=1S/C12H12FN3O4S2/c13-7-1-2-9(10(5-7)16-22(19)20)11(18)15-12-14-8(3-4-17)6-21-12/h1-2,5-6,16-17H,3-4H2,(H,19,20)(H,14,15,18). The number of hydrogen-bond donors (Lipinski definition) is 4. The molecule has 7 nitrogen and oxygen atoms in total. The number of carbonyl (C=O) groups excluding carboxylic acids is 1. The molecular weight excluding hydrogens is 333 g/mol. The number of amides is 1. The molecule has 0 aliphatic heterocycles. The fraction of sp³-hybridized carbons (Fsp3) is 0.167. The molecule has 0 saturated heterocycles. The van der Waals surface area contributed by atoms with Crippen molar-refractivity contribution in [3.8, 4) is 0 Å². The van der Waals surface area contributed by atoms with Crippen LogP contribution < -0.4 is 10.0 Å². The van der Waals surface area contributed by atoms with Crippen molar-refractivity contribution in [3.05, 3.63) is 40.7 Å². The van der Waals surface area contributed by atoms with Gasteiger partial charge in [-0.15, -0.1) is 11.3 Å².